The summed E-state index contributed by atoms with van der Waals surface area (Å²) < 4.78 is 26.0. The van der Waals surface area contributed by atoms with E-state index in [1.165, 1.54) is 22.7 Å². The summed E-state index contributed by atoms with van der Waals surface area (Å²) in [7, 11) is 1.73. The molecule has 0 aliphatic heterocycles. The smallest absolute Gasteiger partial charge is 0.232 e. The van der Waals surface area contributed by atoms with E-state index in [9.17, 15) is 13.6 Å². The van der Waals surface area contributed by atoms with Gasteiger partial charge in [-0.1, -0.05) is 12.1 Å². The van der Waals surface area contributed by atoms with E-state index in [1.807, 2.05) is 30.5 Å². The van der Waals surface area contributed by atoms with E-state index in [4.69, 9.17) is 0 Å². The fourth-order valence-electron chi connectivity index (χ4n) is 1.91. The van der Waals surface area contributed by atoms with Crippen LogP contribution in [0.25, 0.3) is 0 Å². The highest BCUT2D eigenvalue weighted by Crippen LogP contribution is 2.21. The van der Waals surface area contributed by atoms with Crippen LogP contribution in [0.2, 0.25) is 0 Å². The van der Waals surface area contributed by atoms with Gasteiger partial charge in [0, 0.05) is 23.4 Å². The van der Waals surface area contributed by atoms with Crippen molar-refractivity contribution in [2.24, 2.45) is 0 Å². The van der Waals surface area contributed by atoms with Gasteiger partial charge in [0.2, 0.25) is 5.91 Å². The van der Waals surface area contributed by atoms with Crippen molar-refractivity contribution in [1.29, 1.82) is 0 Å². The summed E-state index contributed by atoms with van der Waals surface area (Å²) in [6.07, 6.45) is 2.01. The standard InChI is InChI=1S/C17H17F2NOS2/c1-20(10-12-3-5-13(22-2)6-4-12)17(21)11-23-14-7-8-15(18)16(19)9-14/h3-9H,10-11H2,1-2H3. The molecule has 0 heterocycles. The molecule has 0 saturated heterocycles. The molecule has 0 aliphatic rings. The number of thioether (sulfide) groups is 2. The Morgan fingerprint density at radius 2 is 1.70 bits per heavy atom. The van der Waals surface area contributed by atoms with Crippen LogP contribution in [0.3, 0.4) is 0 Å². The van der Waals surface area contributed by atoms with Gasteiger partial charge < -0.3 is 4.90 Å². The minimum Gasteiger partial charge on any atom is -0.341 e. The van der Waals surface area contributed by atoms with Crippen molar-refractivity contribution in [3.63, 3.8) is 0 Å². The van der Waals surface area contributed by atoms with Gasteiger partial charge in [-0.05, 0) is 42.2 Å². The Hall–Kier alpha value is -1.53. The molecular formula is C17H17F2NOS2. The van der Waals surface area contributed by atoms with Crippen LogP contribution in [-0.4, -0.2) is 29.9 Å². The van der Waals surface area contributed by atoms with Crippen molar-refractivity contribution in [2.45, 2.75) is 16.3 Å². The summed E-state index contributed by atoms with van der Waals surface area (Å²) >= 11 is 2.86. The summed E-state index contributed by atoms with van der Waals surface area (Å²) in [5.41, 5.74) is 1.05. The fraction of sp³-hybridized carbons (Fsp3) is 0.235. The molecule has 0 aromatic heterocycles. The number of nitrogens with zero attached hydrogens (tertiary/aromatic N) is 1. The quantitative estimate of drug-likeness (QED) is 0.716. The van der Waals surface area contributed by atoms with Gasteiger partial charge >= 0.3 is 0 Å². The van der Waals surface area contributed by atoms with Gasteiger partial charge in [0.05, 0.1) is 5.75 Å². The normalized spacial score (nSPS) is 10.6. The first-order valence-corrected chi connectivity index (χ1v) is 9.15. The molecule has 0 N–H and O–H groups in total. The number of hydrogen-bond donors (Lipinski definition) is 0. The van der Waals surface area contributed by atoms with Gasteiger partial charge in [0.25, 0.3) is 0 Å². The molecule has 2 nitrogen and oxygen atoms in total. The molecule has 0 fully saturated rings. The maximum Gasteiger partial charge on any atom is 0.232 e. The van der Waals surface area contributed by atoms with Crippen LogP contribution in [-0.2, 0) is 11.3 Å². The number of halogens is 2. The van der Waals surface area contributed by atoms with Crippen LogP contribution in [0, 0.1) is 11.6 Å². The zero-order chi connectivity index (χ0) is 16.8. The van der Waals surface area contributed by atoms with Crippen LogP contribution >= 0.6 is 23.5 Å². The second-order valence-corrected chi connectivity index (χ2v) is 6.89. The minimum absolute atomic E-state index is 0.0614. The molecule has 0 radical (unpaired) electrons. The molecule has 122 valence electrons. The molecule has 23 heavy (non-hydrogen) atoms. The Morgan fingerprint density at radius 3 is 2.30 bits per heavy atom. The van der Waals surface area contributed by atoms with Crippen molar-refractivity contribution >= 4 is 29.4 Å². The average Bonchev–Trinajstić information content (AvgIpc) is 2.56. The molecule has 0 bridgehead atoms. The predicted molar refractivity (Wildman–Crippen MR) is 91.8 cm³/mol. The molecular weight excluding hydrogens is 336 g/mol. The second-order valence-electron chi connectivity index (χ2n) is 4.96. The van der Waals surface area contributed by atoms with E-state index < -0.39 is 11.6 Å². The van der Waals surface area contributed by atoms with Gasteiger partial charge in [-0.25, -0.2) is 8.78 Å². The van der Waals surface area contributed by atoms with Crippen molar-refractivity contribution in [3.8, 4) is 0 Å². The Kier molecular flexibility index (Phi) is 6.47. The van der Waals surface area contributed by atoms with Crippen molar-refractivity contribution in [3.05, 3.63) is 59.7 Å². The summed E-state index contributed by atoms with van der Waals surface area (Å²) in [5, 5.41) is 0. The Balaban J connectivity index is 1.87. The predicted octanol–water partition coefficient (Wildman–Crippen LogP) is 4.44. The second kappa shape index (κ2) is 8.36. The molecule has 0 unspecified atom stereocenters. The summed E-state index contributed by atoms with van der Waals surface area (Å²) in [6.45, 7) is 0.520. The molecule has 2 rings (SSSR count). The molecule has 1 amide bonds. The van der Waals surface area contributed by atoms with E-state index >= 15 is 0 Å². The van der Waals surface area contributed by atoms with Crippen molar-refractivity contribution < 1.29 is 13.6 Å². The lowest BCUT2D eigenvalue weighted by Crippen LogP contribution is -2.27. The van der Waals surface area contributed by atoms with E-state index in [0.717, 1.165) is 17.7 Å². The topological polar surface area (TPSA) is 20.3 Å². The lowest BCUT2D eigenvalue weighted by atomic mass is 10.2. The number of rotatable bonds is 6. The van der Waals surface area contributed by atoms with Gasteiger partial charge in [-0.2, -0.15) is 0 Å². The van der Waals surface area contributed by atoms with Crippen LogP contribution in [0.5, 0.6) is 0 Å². The number of hydrogen-bond acceptors (Lipinski definition) is 3. The highest BCUT2D eigenvalue weighted by molar-refractivity contribution is 8.00. The fourth-order valence-corrected chi connectivity index (χ4v) is 3.18. The van der Waals surface area contributed by atoms with Crippen LogP contribution in [0.15, 0.2) is 52.3 Å². The first-order valence-electron chi connectivity index (χ1n) is 6.94. The van der Waals surface area contributed by atoms with Gasteiger partial charge in [0.15, 0.2) is 11.6 Å². The molecule has 0 spiro atoms. The maximum atomic E-state index is 13.1. The SMILES string of the molecule is CSc1ccc(CN(C)C(=O)CSc2ccc(F)c(F)c2)cc1. The molecule has 0 atom stereocenters. The molecule has 0 saturated carbocycles. The Morgan fingerprint density at radius 1 is 1.04 bits per heavy atom. The average molecular weight is 353 g/mol. The number of carbonyl (C=O) groups excluding carboxylic acids is 1. The summed E-state index contributed by atoms with van der Waals surface area (Å²) in [4.78, 5) is 15.5. The first-order chi connectivity index (χ1) is 11.0. The molecule has 0 aliphatic carbocycles. The highest BCUT2D eigenvalue weighted by Gasteiger charge is 2.11. The number of benzene rings is 2. The first kappa shape index (κ1) is 17.8. The van der Waals surface area contributed by atoms with Crippen molar-refractivity contribution in [1.82, 2.24) is 4.90 Å². The summed E-state index contributed by atoms with van der Waals surface area (Å²) in [5.74, 6) is -1.66. The largest absolute Gasteiger partial charge is 0.341 e. The zero-order valence-electron chi connectivity index (χ0n) is 12.9. The lowest BCUT2D eigenvalue weighted by molar-refractivity contribution is -0.127. The van der Waals surface area contributed by atoms with E-state index in [-0.39, 0.29) is 11.7 Å². The van der Waals surface area contributed by atoms with Crippen LogP contribution in [0.1, 0.15) is 5.56 Å². The Labute approximate surface area is 143 Å². The molecule has 2 aromatic carbocycles. The number of amides is 1. The van der Waals surface area contributed by atoms with Gasteiger partial charge in [0.1, 0.15) is 0 Å². The lowest BCUT2D eigenvalue weighted by Gasteiger charge is -2.17. The third kappa shape index (κ3) is 5.25. The molecule has 6 heteroatoms. The van der Waals surface area contributed by atoms with Gasteiger partial charge in [-0.15, -0.1) is 23.5 Å². The monoisotopic (exact) mass is 353 g/mol. The maximum absolute atomic E-state index is 13.1. The van der Waals surface area contributed by atoms with Gasteiger partial charge in [-0.3, -0.25) is 4.79 Å². The minimum atomic E-state index is -0.898. The van der Waals surface area contributed by atoms with E-state index in [2.05, 4.69) is 0 Å². The highest BCUT2D eigenvalue weighted by atomic mass is 32.2. The Bertz CT molecular complexity index is 677. The van der Waals surface area contributed by atoms with Crippen LogP contribution in [0.4, 0.5) is 8.78 Å². The van der Waals surface area contributed by atoms with E-state index in [0.29, 0.717) is 11.4 Å². The third-order valence-electron chi connectivity index (χ3n) is 3.26. The number of carbonyl (C=O) groups is 1. The van der Waals surface area contributed by atoms with Crippen LogP contribution < -0.4 is 0 Å². The molecule has 2 aromatic rings. The zero-order valence-corrected chi connectivity index (χ0v) is 14.5. The van der Waals surface area contributed by atoms with E-state index in [1.54, 1.807) is 23.7 Å². The third-order valence-corrected chi connectivity index (χ3v) is 4.98. The van der Waals surface area contributed by atoms with Crippen molar-refractivity contribution in [2.75, 3.05) is 19.1 Å². The summed E-state index contributed by atoms with van der Waals surface area (Å²) in [6, 6.07) is 11.7.